The standard InChI is InChI=1S/C13H22O2/c1-4-15-13(14)11(3)9-12-8-6-5-7-10(12)2/h10,12H,3-9H2,1-2H3/t10-,12+/m1/s1. The van der Waals surface area contributed by atoms with Crippen molar-refractivity contribution in [2.24, 2.45) is 11.8 Å². The zero-order valence-electron chi connectivity index (χ0n) is 9.92. The van der Waals surface area contributed by atoms with Crippen molar-refractivity contribution in [3.05, 3.63) is 12.2 Å². The first kappa shape index (κ1) is 12.3. The lowest BCUT2D eigenvalue weighted by molar-refractivity contribution is -0.138. The van der Waals surface area contributed by atoms with Gasteiger partial charge in [0.1, 0.15) is 0 Å². The van der Waals surface area contributed by atoms with Crippen molar-refractivity contribution in [1.82, 2.24) is 0 Å². The fraction of sp³-hybridized carbons (Fsp3) is 0.769. The van der Waals surface area contributed by atoms with Gasteiger partial charge in [0.25, 0.3) is 0 Å². The molecular weight excluding hydrogens is 188 g/mol. The molecule has 1 fully saturated rings. The molecule has 0 saturated heterocycles. The molecule has 0 unspecified atom stereocenters. The van der Waals surface area contributed by atoms with Crippen molar-refractivity contribution in [3.8, 4) is 0 Å². The third kappa shape index (κ3) is 3.69. The molecule has 0 amide bonds. The van der Waals surface area contributed by atoms with Gasteiger partial charge in [0.15, 0.2) is 0 Å². The van der Waals surface area contributed by atoms with Crippen molar-refractivity contribution in [2.45, 2.75) is 46.0 Å². The second-order valence-electron chi connectivity index (χ2n) is 4.55. The Morgan fingerprint density at radius 2 is 2.07 bits per heavy atom. The minimum absolute atomic E-state index is 0.213. The van der Waals surface area contributed by atoms with Gasteiger partial charge in [-0.3, -0.25) is 0 Å². The third-order valence-electron chi connectivity index (χ3n) is 3.36. The Bertz CT molecular complexity index is 233. The fourth-order valence-corrected chi connectivity index (χ4v) is 2.33. The second kappa shape index (κ2) is 5.94. The van der Waals surface area contributed by atoms with Crippen LogP contribution in [0.2, 0.25) is 0 Å². The van der Waals surface area contributed by atoms with Crippen LogP contribution in [0.3, 0.4) is 0 Å². The number of carbonyl (C=O) groups is 1. The normalized spacial score (nSPS) is 26.0. The summed E-state index contributed by atoms with van der Waals surface area (Å²) >= 11 is 0. The van der Waals surface area contributed by atoms with Crippen LogP contribution in [-0.2, 0) is 9.53 Å². The smallest absolute Gasteiger partial charge is 0.333 e. The van der Waals surface area contributed by atoms with E-state index in [1.165, 1.54) is 25.7 Å². The van der Waals surface area contributed by atoms with Gasteiger partial charge in [-0.15, -0.1) is 0 Å². The molecular formula is C13H22O2. The number of esters is 1. The van der Waals surface area contributed by atoms with E-state index >= 15 is 0 Å². The van der Waals surface area contributed by atoms with Gasteiger partial charge in [-0.25, -0.2) is 4.79 Å². The van der Waals surface area contributed by atoms with E-state index in [1.54, 1.807) is 0 Å². The quantitative estimate of drug-likeness (QED) is 0.525. The van der Waals surface area contributed by atoms with E-state index in [1.807, 2.05) is 6.92 Å². The largest absolute Gasteiger partial charge is 0.463 e. The summed E-state index contributed by atoms with van der Waals surface area (Å²) in [4.78, 5) is 11.4. The van der Waals surface area contributed by atoms with Crippen LogP contribution in [-0.4, -0.2) is 12.6 Å². The molecule has 0 bridgehead atoms. The Balaban J connectivity index is 2.39. The molecule has 2 nitrogen and oxygen atoms in total. The minimum atomic E-state index is -0.213. The zero-order chi connectivity index (χ0) is 11.3. The molecule has 1 aliphatic rings. The molecule has 0 aliphatic heterocycles. The molecule has 1 saturated carbocycles. The molecule has 86 valence electrons. The molecule has 0 aromatic carbocycles. The third-order valence-corrected chi connectivity index (χ3v) is 3.36. The van der Waals surface area contributed by atoms with Gasteiger partial charge < -0.3 is 4.74 Å². The first-order chi connectivity index (χ1) is 7.15. The maximum Gasteiger partial charge on any atom is 0.333 e. The molecule has 15 heavy (non-hydrogen) atoms. The van der Waals surface area contributed by atoms with Gasteiger partial charge >= 0.3 is 5.97 Å². The van der Waals surface area contributed by atoms with Gasteiger partial charge in [0.2, 0.25) is 0 Å². The van der Waals surface area contributed by atoms with Gasteiger partial charge in [-0.2, -0.15) is 0 Å². The first-order valence-corrected chi connectivity index (χ1v) is 6.00. The predicted octanol–water partition coefficient (Wildman–Crippen LogP) is 3.32. The molecule has 2 heteroatoms. The molecule has 2 atom stereocenters. The lowest BCUT2D eigenvalue weighted by atomic mass is 9.77. The Kier molecular flexibility index (Phi) is 4.86. The Morgan fingerprint density at radius 1 is 1.40 bits per heavy atom. The summed E-state index contributed by atoms with van der Waals surface area (Å²) in [6.45, 7) is 8.38. The summed E-state index contributed by atoms with van der Waals surface area (Å²) in [5.41, 5.74) is 0.649. The second-order valence-corrected chi connectivity index (χ2v) is 4.55. The van der Waals surface area contributed by atoms with E-state index in [-0.39, 0.29) is 5.97 Å². The van der Waals surface area contributed by atoms with Crippen LogP contribution in [0.4, 0.5) is 0 Å². The number of rotatable bonds is 4. The average molecular weight is 210 g/mol. The van der Waals surface area contributed by atoms with Crippen molar-refractivity contribution < 1.29 is 9.53 Å². The Hall–Kier alpha value is -0.790. The zero-order valence-corrected chi connectivity index (χ0v) is 9.92. The number of ether oxygens (including phenoxy) is 1. The van der Waals surface area contributed by atoms with Crippen LogP contribution >= 0.6 is 0 Å². The molecule has 1 aliphatic carbocycles. The van der Waals surface area contributed by atoms with Gasteiger partial charge in [-0.1, -0.05) is 32.8 Å². The molecule has 0 spiro atoms. The molecule has 0 aromatic rings. The van der Waals surface area contributed by atoms with Crippen LogP contribution < -0.4 is 0 Å². The minimum Gasteiger partial charge on any atom is -0.463 e. The number of carbonyl (C=O) groups excluding carboxylic acids is 1. The maximum atomic E-state index is 11.4. The lowest BCUT2D eigenvalue weighted by Crippen LogP contribution is -2.19. The number of hydrogen-bond donors (Lipinski definition) is 0. The average Bonchev–Trinajstić information content (AvgIpc) is 2.21. The molecule has 0 radical (unpaired) electrons. The highest BCUT2D eigenvalue weighted by molar-refractivity contribution is 5.87. The van der Waals surface area contributed by atoms with E-state index in [4.69, 9.17) is 4.74 Å². The van der Waals surface area contributed by atoms with Crippen LogP contribution in [0, 0.1) is 11.8 Å². The highest BCUT2D eigenvalue weighted by Crippen LogP contribution is 2.33. The molecule has 0 N–H and O–H groups in total. The van der Waals surface area contributed by atoms with E-state index in [9.17, 15) is 4.79 Å². The van der Waals surface area contributed by atoms with E-state index < -0.39 is 0 Å². The monoisotopic (exact) mass is 210 g/mol. The summed E-state index contributed by atoms with van der Waals surface area (Å²) in [5, 5.41) is 0. The van der Waals surface area contributed by atoms with E-state index in [0.717, 1.165) is 12.3 Å². The van der Waals surface area contributed by atoms with E-state index in [2.05, 4.69) is 13.5 Å². The summed E-state index contributed by atoms with van der Waals surface area (Å²) < 4.78 is 4.94. The van der Waals surface area contributed by atoms with Gasteiger partial charge in [0.05, 0.1) is 6.61 Å². The SMILES string of the molecule is C=C(C[C@@H]1CCCC[C@H]1C)C(=O)OCC. The van der Waals surface area contributed by atoms with E-state index in [0.29, 0.717) is 18.1 Å². The van der Waals surface area contributed by atoms with Crippen LogP contribution in [0.1, 0.15) is 46.0 Å². The first-order valence-electron chi connectivity index (χ1n) is 6.00. The topological polar surface area (TPSA) is 26.3 Å². The lowest BCUT2D eigenvalue weighted by Gasteiger charge is -2.28. The highest BCUT2D eigenvalue weighted by atomic mass is 16.5. The summed E-state index contributed by atoms with van der Waals surface area (Å²) in [7, 11) is 0. The molecule has 1 rings (SSSR count). The van der Waals surface area contributed by atoms with Crippen molar-refractivity contribution >= 4 is 5.97 Å². The van der Waals surface area contributed by atoms with Gasteiger partial charge in [0, 0.05) is 5.57 Å². The number of hydrogen-bond acceptors (Lipinski definition) is 2. The maximum absolute atomic E-state index is 11.4. The molecule has 0 aromatic heterocycles. The summed E-state index contributed by atoms with van der Waals surface area (Å²) in [6.07, 6.45) is 5.98. The van der Waals surface area contributed by atoms with Crippen molar-refractivity contribution in [2.75, 3.05) is 6.61 Å². The Morgan fingerprint density at radius 3 is 2.67 bits per heavy atom. The van der Waals surface area contributed by atoms with Crippen LogP contribution in [0.25, 0.3) is 0 Å². The summed E-state index contributed by atoms with van der Waals surface area (Å²) in [6, 6.07) is 0. The Labute approximate surface area is 92.7 Å². The molecule has 0 heterocycles. The predicted molar refractivity (Wildman–Crippen MR) is 61.5 cm³/mol. The summed E-state index contributed by atoms with van der Waals surface area (Å²) in [5.74, 6) is 1.15. The fourth-order valence-electron chi connectivity index (χ4n) is 2.33. The van der Waals surface area contributed by atoms with Crippen LogP contribution in [0.15, 0.2) is 12.2 Å². The van der Waals surface area contributed by atoms with Crippen molar-refractivity contribution in [1.29, 1.82) is 0 Å². The highest BCUT2D eigenvalue weighted by Gasteiger charge is 2.23. The van der Waals surface area contributed by atoms with Crippen molar-refractivity contribution in [3.63, 3.8) is 0 Å². The van der Waals surface area contributed by atoms with Gasteiger partial charge in [-0.05, 0) is 31.6 Å². The van der Waals surface area contributed by atoms with Crippen LogP contribution in [0.5, 0.6) is 0 Å².